The highest BCUT2D eigenvalue weighted by molar-refractivity contribution is 6.33. The standard InChI is InChI=1S/C16H16Cl2N2O/c1-16(2,3)11-6-4-5-7-12(11)19-15(21)10-8-13(17)20-14(18)9-10/h4-9H,1-3H3,(H,19,21). The van der Waals surface area contributed by atoms with Gasteiger partial charge in [-0.2, -0.15) is 0 Å². The summed E-state index contributed by atoms with van der Waals surface area (Å²) in [5.41, 5.74) is 2.14. The predicted octanol–water partition coefficient (Wildman–Crippen LogP) is 4.94. The number of nitrogens with zero attached hydrogens (tertiary/aromatic N) is 1. The number of hydrogen-bond acceptors (Lipinski definition) is 2. The van der Waals surface area contributed by atoms with Crippen LogP contribution in [0.5, 0.6) is 0 Å². The zero-order valence-electron chi connectivity index (χ0n) is 12.1. The lowest BCUT2D eigenvalue weighted by Gasteiger charge is -2.23. The van der Waals surface area contributed by atoms with E-state index in [0.717, 1.165) is 11.3 Å². The average molecular weight is 323 g/mol. The van der Waals surface area contributed by atoms with Crippen molar-refractivity contribution in [1.82, 2.24) is 4.98 Å². The third-order valence-corrected chi connectivity index (χ3v) is 3.40. The SMILES string of the molecule is CC(C)(C)c1ccccc1NC(=O)c1cc(Cl)nc(Cl)c1. The van der Waals surface area contributed by atoms with E-state index in [0.29, 0.717) is 5.56 Å². The first-order valence-corrected chi connectivity index (χ1v) is 7.27. The molecule has 1 N–H and O–H groups in total. The monoisotopic (exact) mass is 322 g/mol. The molecule has 1 heterocycles. The Kier molecular flexibility index (Phi) is 4.55. The van der Waals surface area contributed by atoms with Crippen LogP contribution in [0.15, 0.2) is 36.4 Å². The van der Waals surface area contributed by atoms with Gasteiger partial charge < -0.3 is 5.32 Å². The van der Waals surface area contributed by atoms with Gasteiger partial charge >= 0.3 is 0 Å². The molecule has 0 aliphatic carbocycles. The molecule has 0 aliphatic rings. The van der Waals surface area contributed by atoms with Crippen molar-refractivity contribution in [3.05, 3.63) is 57.8 Å². The van der Waals surface area contributed by atoms with E-state index in [2.05, 4.69) is 31.1 Å². The molecule has 0 spiro atoms. The van der Waals surface area contributed by atoms with Crippen molar-refractivity contribution >= 4 is 34.8 Å². The normalized spacial score (nSPS) is 11.3. The van der Waals surface area contributed by atoms with E-state index in [-0.39, 0.29) is 21.6 Å². The third-order valence-electron chi connectivity index (χ3n) is 3.01. The van der Waals surface area contributed by atoms with Crippen LogP contribution in [-0.2, 0) is 5.41 Å². The number of anilines is 1. The molecule has 0 bridgehead atoms. The second-order valence-corrected chi connectivity index (χ2v) is 6.53. The number of hydrogen-bond donors (Lipinski definition) is 1. The van der Waals surface area contributed by atoms with E-state index >= 15 is 0 Å². The highest BCUT2D eigenvalue weighted by atomic mass is 35.5. The van der Waals surface area contributed by atoms with Gasteiger partial charge in [0.25, 0.3) is 5.91 Å². The lowest BCUT2D eigenvalue weighted by Crippen LogP contribution is -2.18. The molecule has 1 amide bonds. The fourth-order valence-corrected chi connectivity index (χ4v) is 2.50. The third kappa shape index (κ3) is 3.96. The van der Waals surface area contributed by atoms with E-state index in [9.17, 15) is 4.79 Å². The predicted molar refractivity (Wildman–Crippen MR) is 87.4 cm³/mol. The molecule has 0 saturated heterocycles. The van der Waals surface area contributed by atoms with Crippen molar-refractivity contribution in [1.29, 1.82) is 0 Å². The number of halogens is 2. The maximum Gasteiger partial charge on any atom is 0.255 e. The number of aromatic nitrogens is 1. The zero-order valence-corrected chi connectivity index (χ0v) is 13.6. The lowest BCUT2D eigenvalue weighted by atomic mass is 9.86. The molecule has 2 aromatic rings. The number of benzene rings is 1. The van der Waals surface area contributed by atoms with Crippen LogP contribution in [0.25, 0.3) is 0 Å². The molecule has 21 heavy (non-hydrogen) atoms. The Hall–Kier alpha value is -1.58. The molecule has 0 saturated carbocycles. The Morgan fingerprint density at radius 2 is 1.67 bits per heavy atom. The summed E-state index contributed by atoms with van der Waals surface area (Å²) in [5.74, 6) is -0.266. The number of para-hydroxylation sites is 1. The molecule has 0 atom stereocenters. The van der Waals surface area contributed by atoms with E-state index in [1.807, 2.05) is 24.3 Å². The van der Waals surface area contributed by atoms with Gasteiger partial charge in [0.1, 0.15) is 10.3 Å². The van der Waals surface area contributed by atoms with Gasteiger partial charge in [0, 0.05) is 11.3 Å². The smallest absolute Gasteiger partial charge is 0.255 e. The summed E-state index contributed by atoms with van der Waals surface area (Å²) in [6, 6.07) is 10.7. The van der Waals surface area contributed by atoms with E-state index in [1.54, 1.807) is 0 Å². The fourth-order valence-electron chi connectivity index (χ4n) is 2.04. The molecular formula is C16H16Cl2N2O. The van der Waals surface area contributed by atoms with Crippen molar-refractivity contribution < 1.29 is 4.79 Å². The summed E-state index contributed by atoms with van der Waals surface area (Å²) in [4.78, 5) is 16.2. The van der Waals surface area contributed by atoms with Gasteiger partial charge in [-0.05, 0) is 29.2 Å². The molecule has 2 rings (SSSR count). The lowest BCUT2D eigenvalue weighted by molar-refractivity contribution is 0.102. The highest BCUT2D eigenvalue weighted by Gasteiger charge is 2.19. The van der Waals surface area contributed by atoms with Crippen LogP contribution in [0.1, 0.15) is 36.7 Å². The molecule has 0 unspecified atom stereocenters. The maximum atomic E-state index is 12.3. The summed E-state index contributed by atoms with van der Waals surface area (Å²) in [7, 11) is 0. The van der Waals surface area contributed by atoms with Gasteiger partial charge in [0.15, 0.2) is 0 Å². The summed E-state index contributed by atoms with van der Waals surface area (Å²) >= 11 is 11.7. The minimum Gasteiger partial charge on any atom is -0.322 e. The Labute approximate surface area is 134 Å². The first-order chi connectivity index (χ1) is 9.77. The van der Waals surface area contributed by atoms with Crippen molar-refractivity contribution in [2.45, 2.75) is 26.2 Å². The van der Waals surface area contributed by atoms with Gasteiger partial charge in [0.05, 0.1) is 0 Å². The molecule has 0 aliphatic heterocycles. The second kappa shape index (κ2) is 6.04. The highest BCUT2D eigenvalue weighted by Crippen LogP contribution is 2.29. The average Bonchev–Trinajstić information content (AvgIpc) is 2.37. The Bertz CT molecular complexity index is 658. The van der Waals surface area contributed by atoms with Gasteiger partial charge in [-0.3, -0.25) is 4.79 Å². The van der Waals surface area contributed by atoms with Crippen LogP contribution in [-0.4, -0.2) is 10.9 Å². The van der Waals surface area contributed by atoms with Crippen molar-refractivity contribution in [2.24, 2.45) is 0 Å². The van der Waals surface area contributed by atoms with E-state index in [4.69, 9.17) is 23.2 Å². The quantitative estimate of drug-likeness (QED) is 0.796. The fraction of sp³-hybridized carbons (Fsp3) is 0.250. The summed E-state index contributed by atoms with van der Waals surface area (Å²) in [6.45, 7) is 6.29. The zero-order chi connectivity index (χ0) is 15.6. The Balaban J connectivity index is 2.32. The van der Waals surface area contributed by atoms with Crippen LogP contribution >= 0.6 is 23.2 Å². The molecular weight excluding hydrogens is 307 g/mol. The number of nitrogens with one attached hydrogen (secondary N) is 1. The first kappa shape index (κ1) is 15.8. The largest absolute Gasteiger partial charge is 0.322 e. The summed E-state index contributed by atoms with van der Waals surface area (Å²) in [6.07, 6.45) is 0. The maximum absolute atomic E-state index is 12.3. The minimum atomic E-state index is -0.266. The number of amides is 1. The van der Waals surface area contributed by atoms with Gasteiger partial charge in [-0.25, -0.2) is 4.98 Å². The molecule has 110 valence electrons. The molecule has 3 nitrogen and oxygen atoms in total. The molecule has 0 radical (unpaired) electrons. The van der Waals surface area contributed by atoms with Crippen LogP contribution in [0.2, 0.25) is 10.3 Å². The number of rotatable bonds is 2. The van der Waals surface area contributed by atoms with Crippen molar-refractivity contribution in [3.63, 3.8) is 0 Å². The van der Waals surface area contributed by atoms with Gasteiger partial charge in [-0.1, -0.05) is 62.2 Å². The van der Waals surface area contributed by atoms with Crippen LogP contribution < -0.4 is 5.32 Å². The van der Waals surface area contributed by atoms with Gasteiger partial charge in [0.2, 0.25) is 0 Å². The second-order valence-electron chi connectivity index (χ2n) is 5.75. The summed E-state index contributed by atoms with van der Waals surface area (Å²) < 4.78 is 0. The van der Waals surface area contributed by atoms with E-state index < -0.39 is 0 Å². The van der Waals surface area contributed by atoms with Crippen LogP contribution in [0.4, 0.5) is 5.69 Å². The van der Waals surface area contributed by atoms with Crippen LogP contribution in [0.3, 0.4) is 0 Å². The van der Waals surface area contributed by atoms with Crippen molar-refractivity contribution in [3.8, 4) is 0 Å². The topological polar surface area (TPSA) is 42.0 Å². The summed E-state index contributed by atoms with van der Waals surface area (Å²) in [5, 5.41) is 3.29. The molecule has 1 aromatic carbocycles. The Morgan fingerprint density at radius 3 is 2.24 bits per heavy atom. The molecule has 5 heteroatoms. The number of carbonyl (C=O) groups excluding carboxylic acids is 1. The number of carbonyl (C=O) groups is 1. The minimum absolute atomic E-state index is 0.0720. The van der Waals surface area contributed by atoms with Crippen LogP contribution in [0, 0.1) is 0 Å². The van der Waals surface area contributed by atoms with Gasteiger partial charge in [-0.15, -0.1) is 0 Å². The van der Waals surface area contributed by atoms with Crippen molar-refractivity contribution in [2.75, 3.05) is 5.32 Å². The Morgan fingerprint density at radius 1 is 1.10 bits per heavy atom. The molecule has 1 aromatic heterocycles. The van der Waals surface area contributed by atoms with E-state index in [1.165, 1.54) is 12.1 Å². The first-order valence-electron chi connectivity index (χ1n) is 6.51. The molecule has 0 fully saturated rings. The number of pyridine rings is 1.